The van der Waals surface area contributed by atoms with Crippen LogP contribution in [0.3, 0.4) is 0 Å². The van der Waals surface area contributed by atoms with Gasteiger partial charge in [0.05, 0.1) is 23.8 Å². The van der Waals surface area contributed by atoms with Crippen LogP contribution < -0.4 is 4.74 Å². The maximum atomic E-state index is 11.9. The highest BCUT2D eigenvalue weighted by molar-refractivity contribution is 9.10. The molecule has 21 heavy (non-hydrogen) atoms. The molecule has 0 spiro atoms. The van der Waals surface area contributed by atoms with Crippen LogP contribution in [0.5, 0.6) is 5.75 Å². The number of methoxy groups -OCH3 is 1. The first kappa shape index (κ1) is 18.3. The van der Waals surface area contributed by atoms with Gasteiger partial charge in [0.25, 0.3) is 9.05 Å². The molecule has 0 heterocycles. The standard InChI is InChI=1S/C13H16BrClO5S/c1-3-4-5-6-20-13(16)9-7-10(14)12(19-2)11(8-9)21(15,17)18/h7-8H,3-6H2,1-2H3. The quantitative estimate of drug-likeness (QED) is 0.397. The average Bonchev–Trinajstić information content (AvgIpc) is 2.41. The second kappa shape index (κ2) is 8.00. The Kier molecular flexibility index (Phi) is 6.96. The van der Waals surface area contributed by atoms with Gasteiger partial charge in [-0.1, -0.05) is 19.8 Å². The van der Waals surface area contributed by atoms with Gasteiger partial charge in [-0.25, -0.2) is 13.2 Å². The lowest BCUT2D eigenvalue weighted by atomic mass is 10.2. The van der Waals surface area contributed by atoms with Crippen LogP contribution in [0, 0.1) is 0 Å². The van der Waals surface area contributed by atoms with E-state index < -0.39 is 15.0 Å². The summed E-state index contributed by atoms with van der Waals surface area (Å²) in [4.78, 5) is 11.6. The lowest BCUT2D eigenvalue weighted by Gasteiger charge is -2.11. The third kappa shape index (κ3) is 5.16. The molecule has 1 aromatic rings. The van der Waals surface area contributed by atoms with Crippen LogP contribution in [0.1, 0.15) is 36.5 Å². The number of ether oxygens (including phenoxy) is 2. The Morgan fingerprint density at radius 1 is 1.33 bits per heavy atom. The van der Waals surface area contributed by atoms with Crippen LogP contribution in [0.2, 0.25) is 0 Å². The molecule has 0 aliphatic heterocycles. The first-order chi connectivity index (χ1) is 9.81. The molecule has 0 atom stereocenters. The second-order valence-electron chi connectivity index (χ2n) is 4.27. The molecule has 0 aromatic heterocycles. The number of esters is 1. The molecule has 0 saturated heterocycles. The molecule has 1 rings (SSSR count). The number of carbonyl (C=O) groups excluding carboxylic acids is 1. The van der Waals surface area contributed by atoms with E-state index in [4.69, 9.17) is 20.2 Å². The van der Waals surface area contributed by atoms with Crippen molar-refractivity contribution in [2.24, 2.45) is 0 Å². The fourth-order valence-corrected chi connectivity index (χ4v) is 3.45. The summed E-state index contributed by atoms with van der Waals surface area (Å²) in [5, 5.41) is 0. The summed E-state index contributed by atoms with van der Waals surface area (Å²) >= 11 is 3.16. The Balaban J connectivity index is 3.04. The van der Waals surface area contributed by atoms with E-state index in [0.717, 1.165) is 25.3 Å². The molecule has 0 N–H and O–H groups in total. The predicted molar refractivity (Wildman–Crippen MR) is 83.5 cm³/mol. The van der Waals surface area contributed by atoms with Gasteiger partial charge < -0.3 is 9.47 Å². The van der Waals surface area contributed by atoms with E-state index in [1.165, 1.54) is 13.2 Å². The average molecular weight is 400 g/mol. The minimum absolute atomic E-state index is 0.0486. The van der Waals surface area contributed by atoms with Gasteiger partial charge in [0.15, 0.2) is 5.75 Å². The zero-order valence-electron chi connectivity index (χ0n) is 11.7. The molecule has 5 nitrogen and oxygen atoms in total. The molecule has 0 unspecified atom stereocenters. The Morgan fingerprint density at radius 2 is 2.00 bits per heavy atom. The molecule has 0 aliphatic rings. The summed E-state index contributed by atoms with van der Waals surface area (Å²) in [7, 11) is 2.63. The van der Waals surface area contributed by atoms with E-state index in [0.29, 0.717) is 11.1 Å². The topological polar surface area (TPSA) is 69.7 Å². The predicted octanol–water partition coefficient (Wildman–Crippen LogP) is 3.73. The van der Waals surface area contributed by atoms with Crippen molar-refractivity contribution in [1.29, 1.82) is 0 Å². The zero-order valence-corrected chi connectivity index (χ0v) is 14.8. The SMILES string of the molecule is CCCCCOC(=O)c1cc(Br)c(OC)c(S(=O)(=O)Cl)c1. The van der Waals surface area contributed by atoms with Gasteiger partial charge in [-0.15, -0.1) is 0 Å². The molecule has 0 amide bonds. The zero-order chi connectivity index (χ0) is 16.0. The van der Waals surface area contributed by atoms with Crippen molar-refractivity contribution in [1.82, 2.24) is 0 Å². The van der Waals surface area contributed by atoms with Crippen molar-refractivity contribution in [3.05, 3.63) is 22.2 Å². The molecule has 1 aromatic carbocycles. The van der Waals surface area contributed by atoms with Crippen LogP contribution in [-0.4, -0.2) is 28.1 Å². The summed E-state index contributed by atoms with van der Waals surface area (Å²) in [5.41, 5.74) is 0.0957. The molecule has 0 fully saturated rings. The van der Waals surface area contributed by atoms with Crippen molar-refractivity contribution in [3.8, 4) is 5.75 Å². The molecular weight excluding hydrogens is 384 g/mol. The molecule has 0 saturated carbocycles. The Bertz CT molecular complexity index is 615. The summed E-state index contributed by atoms with van der Waals surface area (Å²) in [6, 6.07) is 2.58. The summed E-state index contributed by atoms with van der Waals surface area (Å²) in [6.07, 6.45) is 2.74. The van der Waals surface area contributed by atoms with Gasteiger partial charge in [-0.3, -0.25) is 0 Å². The summed E-state index contributed by atoms with van der Waals surface area (Å²) in [5.74, 6) is -0.552. The van der Waals surface area contributed by atoms with Crippen molar-refractivity contribution < 1.29 is 22.7 Å². The minimum Gasteiger partial charge on any atom is -0.494 e. The number of hydrogen-bond acceptors (Lipinski definition) is 5. The Morgan fingerprint density at radius 3 is 2.52 bits per heavy atom. The van der Waals surface area contributed by atoms with E-state index in [2.05, 4.69) is 15.9 Å². The maximum Gasteiger partial charge on any atom is 0.338 e. The normalized spacial score (nSPS) is 11.2. The summed E-state index contributed by atoms with van der Waals surface area (Å²) in [6.45, 7) is 2.33. The van der Waals surface area contributed by atoms with Crippen LogP contribution in [0.4, 0.5) is 0 Å². The van der Waals surface area contributed by atoms with Crippen molar-refractivity contribution in [2.45, 2.75) is 31.1 Å². The third-order valence-corrected chi connectivity index (χ3v) is 4.61. The lowest BCUT2D eigenvalue weighted by Crippen LogP contribution is -2.08. The fourth-order valence-electron chi connectivity index (χ4n) is 1.67. The molecule has 0 aliphatic carbocycles. The largest absolute Gasteiger partial charge is 0.494 e. The molecule has 0 bridgehead atoms. The molecular formula is C13H16BrClO5S. The van der Waals surface area contributed by atoms with Crippen molar-refractivity contribution >= 4 is 41.6 Å². The number of hydrogen-bond donors (Lipinski definition) is 0. The first-order valence-corrected chi connectivity index (χ1v) is 9.40. The number of rotatable bonds is 7. The molecule has 8 heteroatoms. The molecule has 118 valence electrons. The molecule has 0 radical (unpaired) electrons. The van der Waals surface area contributed by atoms with E-state index in [9.17, 15) is 13.2 Å². The highest BCUT2D eigenvalue weighted by atomic mass is 79.9. The first-order valence-electron chi connectivity index (χ1n) is 6.30. The van der Waals surface area contributed by atoms with E-state index in [-0.39, 0.29) is 16.2 Å². The van der Waals surface area contributed by atoms with Gasteiger partial charge in [-0.2, -0.15) is 0 Å². The second-order valence-corrected chi connectivity index (χ2v) is 7.66. The fraction of sp³-hybridized carbons (Fsp3) is 0.462. The van der Waals surface area contributed by atoms with Gasteiger partial charge in [0, 0.05) is 10.7 Å². The minimum atomic E-state index is -4.04. The van der Waals surface area contributed by atoms with E-state index in [1.807, 2.05) is 6.92 Å². The van der Waals surface area contributed by atoms with E-state index in [1.54, 1.807) is 0 Å². The van der Waals surface area contributed by atoms with Crippen LogP contribution in [0.25, 0.3) is 0 Å². The van der Waals surface area contributed by atoms with Gasteiger partial charge in [-0.05, 0) is 34.5 Å². The smallest absolute Gasteiger partial charge is 0.338 e. The summed E-state index contributed by atoms with van der Waals surface area (Å²) < 4.78 is 33.5. The van der Waals surface area contributed by atoms with E-state index >= 15 is 0 Å². The number of halogens is 2. The van der Waals surface area contributed by atoms with Crippen molar-refractivity contribution in [3.63, 3.8) is 0 Å². The lowest BCUT2D eigenvalue weighted by molar-refractivity contribution is 0.0497. The van der Waals surface area contributed by atoms with Gasteiger partial charge in [0.2, 0.25) is 0 Å². The number of unbranched alkanes of at least 4 members (excludes halogenated alkanes) is 2. The van der Waals surface area contributed by atoms with Crippen LogP contribution in [0.15, 0.2) is 21.5 Å². The Labute approximate surface area is 137 Å². The van der Waals surface area contributed by atoms with Gasteiger partial charge in [0.1, 0.15) is 4.90 Å². The van der Waals surface area contributed by atoms with Crippen molar-refractivity contribution in [2.75, 3.05) is 13.7 Å². The highest BCUT2D eigenvalue weighted by Gasteiger charge is 2.23. The number of benzene rings is 1. The monoisotopic (exact) mass is 398 g/mol. The highest BCUT2D eigenvalue weighted by Crippen LogP contribution is 2.35. The van der Waals surface area contributed by atoms with Crippen LogP contribution >= 0.6 is 26.6 Å². The Hall–Kier alpha value is -0.790. The number of carbonyl (C=O) groups is 1. The third-order valence-electron chi connectivity index (χ3n) is 2.69. The van der Waals surface area contributed by atoms with Gasteiger partial charge >= 0.3 is 5.97 Å². The maximum absolute atomic E-state index is 11.9. The van der Waals surface area contributed by atoms with Crippen LogP contribution in [-0.2, 0) is 13.8 Å².